The summed E-state index contributed by atoms with van der Waals surface area (Å²) in [6, 6.07) is 6.42. The maximum atomic E-state index is 10.5. The molecule has 0 unspecified atom stereocenters. The van der Waals surface area contributed by atoms with E-state index in [1.165, 1.54) is 16.7 Å². The van der Waals surface area contributed by atoms with Crippen LogP contribution in [0.25, 0.3) is 0 Å². The molecule has 0 aliphatic carbocycles. The molecule has 94 valence electrons. The number of rotatable bonds is 6. The molecule has 0 saturated heterocycles. The minimum atomic E-state index is -0.733. The highest BCUT2D eigenvalue weighted by atomic mass is 16.4. The third-order valence-corrected chi connectivity index (χ3v) is 3.07. The van der Waals surface area contributed by atoms with Crippen LogP contribution in [0.2, 0.25) is 0 Å². The Balaban J connectivity index is 2.60. The second-order valence-electron chi connectivity index (χ2n) is 4.43. The van der Waals surface area contributed by atoms with Crippen LogP contribution in [0, 0.1) is 13.8 Å². The largest absolute Gasteiger partial charge is 0.481 e. The van der Waals surface area contributed by atoms with Crippen molar-refractivity contribution >= 4 is 5.97 Å². The number of carboxylic acid groups (broad SMARTS) is 1. The summed E-state index contributed by atoms with van der Waals surface area (Å²) in [5.41, 5.74) is 3.83. The Kier molecular flexibility index (Phi) is 5.16. The van der Waals surface area contributed by atoms with E-state index in [0.29, 0.717) is 6.54 Å². The molecular weight excluding hydrogens is 214 g/mol. The van der Waals surface area contributed by atoms with E-state index in [1.807, 2.05) is 0 Å². The molecule has 0 radical (unpaired) electrons. The Labute approximate surface area is 103 Å². The first kappa shape index (κ1) is 13.7. The molecule has 3 heteroatoms. The topological polar surface area (TPSA) is 40.5 Å². The Morgan fingerprint density at radius 3 is 2.53 bits per heavy atom. The van der Waals surface area contributed by atoms with Crippen LogP contribution in [-0.4, -0.2) is 29.1 Å². The second-order valence-corrected chi connectivity index (χ2v) is 4.43. The van der Waals surface area contributed by atoms with Gasteiger partial charge in [0.05, 0.1) is 6.42 Å². The summed E-state index contributed by atoms with van der Waals surface area (Å²) in [5, 5.41) is 8.68. The first-order valence-electron chi connectivity index (χ1n) is 6.03. The Morgan fingerprint density at radius 1 is 1.29 bits per heavy atom. The molecule has 0 heterocycles. The van der Waals surface area contributed by atoms with Crippen LogP contribution in [0.5, 0.6) is 0 Å². The lowest BCUT2D eigenvalue weighted by Crippen LogP contribution is -2.25. The summed E-state index contributed by atoms with van der Waals surface area (Å²) >= 11 is 0. The molecule has 1 aromatic carbocycles. The third kappa shape index (κ3) is 4.57. The highest BCUT2D eigenvalue weighted by Gasteiger charge is 2.06. The van der Waals surface area contributed by atoms with Crippen molar-refractivity contribution in [2.24, 2.45) is 0 Å². The van der Waals surface area contributed by atoms with Gasteiger partial charge in [-0.2, -0.15) is 0 Å². The van der Waals surface area contributed by atoms with Crippen LogP contribution in [0.4, 0.5) is 0 Å². The quantitative estimate of drug-likeness (QED) is 0.824. The van der Waals surface area contributed by atoms with E-state index in [4.69, 9.17) is 5.11 Å². The Morgan fingerprint density at radius 2 is 2.00 bits per heavy atom. The zero-order valence-electron chi connectivity index (χ0n) is 10.9. The summed E-state index contributed by atoms with van der Waals surface area (Å²) < 4.78 is 0. The molecule has 0 bridgehead atoms. The zero-order valence-corrected chi connectivity index (χ0v) is 10.9. The third-order valence-electron chi connectivity index (χ3n) is 3.07. The van der Waals surface area contributed by atoms with E-state index in [9.17, 15) is 4.79 Å². The van der Waals surface area contributed by atoms with E-state index in [-0.39, 0.29) is 6.42 Å². The number of aryl methyl sites for hydroxylation is 2. The number of hydrogen-bond acceptors (Lipinski definition) is 2. The van der Waals surface area contributed by atoms with Gasteiger partial charge in [0.2, 0.25) is 0 Å². The van der Waals surface area contributed by atoms with Crippen LogP contribution < -0.4 is 0 Å². The van der Waals surface area contributed by atoms with Gasteiger partial charge < -0.3 is 5.11 Å². The number of aliphatic carboxylic acids is 1. The molecule has 0 aliphatic heterocycles. The number of hydrogen-bond donors (Lipinski definition) is 1. The van der Waals surface area contributed by atoms with Gasteiger partial charge in [0.25, 0.3) is 0 Å². The van der Waals surface area contributed by atoms with E-state index in [2.05, 4.69) is 43.9 Å². The molecule has 1 N–H and O–H groups in total. The van der Waals surface area contributed by atoms with Crippen molar-refractivity contribution < 1.29 is 9.90 Å². The normalized spacial score (nSPS) is 10.8. The fraction of sp³-hybridized carbons (Fsp3) is 0.500. The summed E-state index contributed by atoms with van der Waals surface area (Å²) in [5.74, 6) is -0.733. The molecule has 0 amide bonds. The Bertz CT molecular complexity index is 388. The molecule has 0 atom stereocenters. The van der Waals surface area contributed by atoms with Crippen molar-refractivity contribution in [1.82, 2.24) is 4.90 Å². The van der Waals surface area contributed by atoms with Gasteiger partial charge in [0.15, 0.2) is 0 Å². The lowest BCUT2D eigenvalue weighted by atomic mass is 10.1. The minimum Gasteiger partial charge on any atom is -0.481 e. The highest BCUT2D eigenvalue weighted by Crippen LogP contribution is 2.12. The van der Waals surface area contributed by atoms with Crippen molar-refractivity contribution in [1.29, 1.82) is 0 Å². The molecule has 1 rings (SSSR count). The van der Waals surface area contributed by atoms with Crippen molar-refractivity contribution in [2.45, 2.75) is 33.7 Å². The summed E-state index contributed by atoms with van der Waals surface area (Å²) in [4.78, 5) is 12.7. The van der Waals surface area contributed by atoms with Crippen LogP contribution in [0.1, 0.15) is 30.0 Å². The predicted molar refractivity (Wildman–Crippen MR) is 69.1 cm³/mol. The summed E-state index contributed by atoms with van der Waals surface area (Å²) in [6.45, 7) is 8.57. The number of carbonyl (C=O) groups is 1. The van der Waals surface area contributed by atoms with Crippen molar-refractivity contribution in [3.63, 3.8) is 0 Å². The highest BCUT2D eigenvalue weighted by molar-refractivity contribution is 5.66. The molecule has 17 heavy (non-hydrogen) atoms. The molecule has 1 aromatic rings. The average molecular weight is 235 g/mol. The van der Waals surface area contributed by atoms with Crippen molar-refractivity contribution in [2.75, 3.05) is 13.1 Å². The van der Waals surface area contributed by atoms with Gasteiger partial charge in [0.1, 0.15) is 0 Å². The van der Waals surface area contributed by atoms with Gasteiger partial charge in [-0.05, 0) is 37.1 Å². The second kappa shape index (κ2) is 6.40. The average Bonchev–Trinajstić information content (AvgIpc) is 2.28. The monoisotopic (exact) mass is 235 g/mol. The number of nitrogens with zero attached hydrogens (tertiary/aromatic N) is 1. The molecule has 0 aromatic heterocycles. The van der Waals surface area contributed by atoms with Crippen LogP contribution in [0.3, 0.4) is 0 Å². The van der Waals surface area contributed by atoms with Crippen molar-refractivity contribution in [3.8, 4) is 0 Å². The van der Waals surface area contributed by atoms with Crippen molar-refractivity contribution in [3.05, 3.63) is 34.9 Å². The van der Waals surface area contributed by atoms with Gasteiger partial charge in [0, 0.05) is 13.1 Å². The van der Waals surface area contributed by atoms with E-state index in [1.54, 1.807) is 0 Å². The molecule has 0 spiro atoms. The first-order valence-corrected chi connectivity index (χ1v) is 6.03. The first-order chi connectivity index (χ1) is 8.02. The summed E-state index contributed by atoms with van der Waals surface area (Å²) in [6.07, 6.45) is 0.207. The van der Waals surface area contributed by atoms with E-state index >= 15 is 0 Å². The fourth-order valence-electron chi connectivity index (χ4n) is 1.76. The lowest BCUT2D eigenvalue weighted by molar-refractivity contribution is -0.137. The number of benzene rings is 1. The Hall–Kier alpha value is -1.35. The molecular formula is C14H21NO2. The van der Waals surface area contributed by atoms with Crippen LogP contribution in [0.15, 0.2) is 18.2 Å². The van der Waals surface area contributed by atoms with Gasteiger partial charge in [-0.25, -0.2) is 0 Å². The predicted octanol–water partition coefficient (Wildman–Crippen LogP) is 2.60. The molecule has 0 fully saturated rings. The maximum absolute atomic E-state index is 10.5. The maximum Gasteiger partial charge on any atom is 0.304 e. The molecule has 0 aliphatic rings. The standard InChI is InChI=1S/C14H21NO2/c1-4-15(8-7-14(16)17)10-13-6-5-11(2)12(3)9-13/h5-6,9H,4,7-8,10H2,1-3H3,(H,16,17). The van der Waals surface area contributed by atoms with E-state index < -0.39 is 5.97 Å². The zero-order chi connectivity index (χ0) is 12.8. The van der Waals surface area contributed by atoms with Crippen LogP contribution >= 0.6 is 0 Å². The van der Waals surface area contributed by atoms with Crippen LogP contribution in [-0.2, 0) is 11.3 Å². The molecule has 3 nitrogen and oxygen atoms in total. The van der Waals surface area contributed by atoms with Gasteiger partial charge in [-0.1, -0.05) is 25.1 Å². The number of carboxylic acids is 1. The van der Waals surface area contributed by atoms with E-state index in [0.717, 1.165) is 13.1 Å². The summed E-state index contributed by atoms with van der Waals surface area (Å²) in [7, 11) is 0. The van der Waals surface area contributed by atoms with Gasteiger partial charge >= 0.3 is 5.97 Å². The minimum absolute atomic E-state index is 0.207. The molecule has 0 saturated carbocycles. The lowest BCUT2D eigenvalue weighted by Gasteiger charge is -2.19. The van der Waals surface area contributed by atoms with Gasteiger partial charge in [-0.15, -0.1) is 0 Å². The van der Waals surface area contributed by atoms with Gasteiger partial charge in [-0.3, -0.25) is 9.69 Å². The smallest absolute Gasteiger partial charge is 0.304 e. The SMILES string of the molecule is CCN(CCC(=O)O)Cc1ccc(C)c(C)c1. The fourth-order valence-corrected chi connectivity index (χ4v) is 1.76.